The Kier molecular flexibility index (Phi) is 8.04. The summed E-state index contributed by atoms with van der Waals surface area (Å²) in [7, 11) is 0. The van der Waals surface area contributed by atoms with Gasteiger partial charge < -0.3 is 0 Å². The molecule has 0 radical (unpaired) electrons. The fourth-order valence-corrected chi connectivity index (χ4v) is 1.15. The van der Waals surface area contributed by atoms with Gasteiger partial charge in [-0.3, -0.25) is 0 Å². The van der Waals surface area contributed by atoms with Crippen molar-refractivity contribution in [3.8, 4) is 0 Å². The Morgan fingerprint density at radius 1 is 0.667 bits per heavy atom. The van der Waals surface area contributed by atoms with Crippen LogP contribution in [0, 0.1) is 10.8 Å². The Balaban J connectivity index is 0. The Morgan fingerprint density at radius 2 is 0.917 bits per heavy atom. The van der Waals surface area contributed by atoms with Crippen LogP contribution in [0.2, 0.25) is 0 Å². The van der Waals surface area contributed by atoms with Gasteiger partial charge in [0, 0.05) is 0 Å². The summed E-state index contributed by atoms with van der Waals surface area (Å²) in [6, 6.07) is 0. The van der Waals surface area contributed by atoms with Crippen LogP contribution in [0.1, 0.15) is 60.8 Å². The Bertz CT molecular complexity index is 89.2. The predicted molar refractivity (Wildman–Crippen MR) is 61.3 cm³/mol. The Morgan fingerprint density at radius 3 is 1.08 bits per heavy atom. The third-order valence-corrected chi connectivity index (χ3v) is 1.85. The summed E-state index contributed by atoms with van der Waals surface area (Å²) in [5.74, 6) is 0. The van der Waals surface area contributed by atoms with E-state index in [9.17, 15) is 0 Å². The van der Waals surface area contributed by atoms with Crippen LogP contribution < -0.4 is 0 Å². The van der Waals surface area contributed by atoms with E-state index in [2.05, 4.69) is 41.5 Å². The van der Waals surface area contributed by atoms with Crippen molar-refractivity contribution < 1.29 is 0 Å². The van der Waals surface area contributed by atoms with Crippen LogP contribution in [0.5, 0.6) is 0 Å². The van der Waals surface area contributed by atoms with Crippen LogP contribution in [0.3, 0.4) is 0 Å². The number of hydrogen-bond donors (Lipinski definition) is 0. The minimum absolute atomic E-state index is 0. The van der Waals surface area contributed by atoms with Crippen LogP contribution in [0.15, 0.2) is 0 Å². The van der Waals surface area contributed by atoms with Gasteiger partial charge in [0.25, 0.3) is 0 Å². The van der Waals surface area contributed by atoms with Crippen LogP contribution >= 0.6 is 0 Å². The summed E-state index contributed by atoms with van der Waals surface area (Å²) < 4.78 is 0. The molecule has 72 valence electrons. The van der Waals surface area contributed by atoms with Crippen molar-refractivity contribution in [3.05, 3.63) is 0 Å². The zero-order chi connectivity index (χ0) is 9.12. The van der Waals surface area contributed by atoms with Gasteiger partial charge in [0.2, 0.25) is 0 Å². The van der Waals surface area contributed by atoms with E-state index in [0.717, 1.165) is 0 Å². The van der Waals surface area contributed by atoms with Crippen molar-refractivity contribution in [2.45, 2.75) is 60.8 Å². The third-order valence-electron chi connectivity index (χ3n) is 1.85. The van der Waals surface area contributed by atoms with E-state index in [4.69, 9.17) is 0 Å². The molecule has 0 aliphatic carbocycles. The van der Waals surface area contributed by atoms with Gasteiger partial charge in [0.15, 0.2) is 0 Å². The van der Waals surface area contributed by atoms with E-state index in [1.807, 2.05) is 0 Å². The second kappa shape index (κ2) is 6.06. The van der Waals surface area contributed by atoms with Gasteiger partial charge in [-0.05, 0) is 23.7 Å². The van der Waals surface area contributed by atoms with E-state index >= 15 is 0 Å². The molecule has 0 fully saturated rings. The molecule has 0 heterocycles. The molecule has 0 atom stereocenters. The zero-order valence-electron chi connectivity index (χ0n) is 9.12. The molecule has 0 spiro atoms. The van der Waals surface area contributed by atoms with Crippen LogP contribution in [-0.4, -0.2) is 45.5 Å². The van der Waals surface area contributed by atoms with E-state index < -0.39 is 0 Å². The quantitative estimate of drug-likeness (QED) is 0.655. The average Bonchev–Trinajstić information content (AvgIpc) is 1.55. The molecule has 0 aromatic carbocycles. The van der Waals surface area contributed by atoms with E-state index in [1.54, 1.807) is 0 Å². The molecule has 0 aromatic heterocycles. The minimum atomic E-state index is 0. The predicted octanol–water partition coefficient (Wildman–Crippen LogP) is 3.33. The first kappa shape index (κ1) is 15.9. The molecule has 0 rings (SSSR count). The molecule has 1 heteroatoms. The van der Waals surface area contributed by atoms with Crippen LogP contribution in [-0.2, 0) is 0 Å². The molecule has 0 bridgehead atoms. The van der Waals surface area contributed by atoms with Gasteiger partial charge in [-0.15, -0.1) is 0 Å². The molecule has 0 saturated heterocycles. The van der Waals surface area contributed by atoms with Gasteiger partial charge in [-0.2, -0.15) is 0 Å². The standard InChI is InChI=1S/C11H24.Sr.2H/c1-10(2,3)8-7-9-11(4,5)6;;;/h7-9H2,1-6H3;;;. The Labute approximate surface area is 116 Å². The van der Waals surface area contributed by atoms with Crippen molar-refractivity contribution in [3.63, 3.8) is 0 Å². The average molecular weight is 246 g/mol. The molecule has 0 aliphatic rings. The van der Waals surface area contributed by atoms with Crippen molar-refractivity contribution in [1.29, 1.82) is 0 Å². The fraction of sp³-hybridized carbons (Fsp3) is 1.00. The normalized spacial score (nSPS) is 12.5. The topological polar surface area (TPSA) is 0 Å². The molecule has 0 nitrogen and oxygen atoms in total. The first-order valence-electron chi connectivity index (χ1n) is 4.71. The molecule has 0 aromatic rings. The first-order chi connectivity index (χ1) is 4.71. The van der Waals surface area contributed by atoms with Crippen molar-refractivity contribution in [2.75, 3.05) is 0 Å². The summed E-state index contributed by atoms with van der Waals surface area (Å²) in [6.45, 7) is 13.9. The van der Waals surface area contributed by atoms with Gasteiger partial charge in [0.1, 0.15) is 0 Å². The molecule has 0 N–H and O–H groups in total. The summed E-state index contributed by atoms with van der Waals surface area (Å²) in [5.41, 5.74) is 1.04. The molecular weight excluding hydrogens is 220 g/mol. The van der Waals surface area contributed by atoms with E-state index in [0.29, 0.717) is 10.8 Å². The summed E-state index contributed by atoms with van der Waals surface area (Å²) >= 11 is 0. The van der Waals surface area contributed by atoms with Crippen LogP contribution in [0.25, 0.3) is 0 Å². The van der Waals surface area contributed by atoms with Gasteiger partial charge >= 0.3 is 45.5 Å². The van der Waals surface area contributed by atoms with E-state index in [-0.39, 0.29) is 45.5 Å². The van der Waals surface area contributed by atoms with Crippen LogP contribution in [0.4, 0.5) is 0 Å². The van der Waals surface area contributed by atoms with Crippen molar-refractivity contribution in [1.82, 2.24) is 0 Å². The second-order valence-corrected chi connectivity index (χ2v) is 5.97. The number of rotatable bonds is 2. The second-order valence-electron chi connectivity index (χ2n) is 5.97. The van der Waals surface area contributed by atoms with Crippen molar-refractivity contribution in [2.24, 2.45) is 10.8 Å². The van der Waals surface area contributed by atoms with E-state index in [1.165, 1.54) is 19.3 Å². The molecule has 0 unspecified atom stereocenters. The fourth-order valence-electron chi connectivity index (χ4n) is 1.15. The third kappa shape index (κ3) is 14.0. The van der Waals surface area contributed by atoms with Crippen molar-refractivity contribution >= 4 is 45.5 Å². The molecule has 0 amide bonds. The molecule has 0 saturated carbocycles. The molecule has 0 aliphatic heterocycles. The maximum absolute atomic E-state index is 2.32. The summed E-state index contributed by atoms with van der Waals surface area (Å²) in [5, 5.41) is 0. The summed E-state index contributed by atoms with van der Waals surface area (Å²) in [4.78, 5) is 0. The Hall–Kier alpha value is 1.48. The summed E-state index contributed by atoms with van der Waals surface area (Å²) in [6.07, 6.45) is 4.07. The van der Waals surface area contributed by atoms with Gasteiger partial charge in [0.05, 0.1) is 0 Å². The monoisotopic (exact) mass is 246 g/mol. The van der Waals surface area contributed by atoms with Gasteiger partial charge in [-0.25, -0.2) is 0 Å². The maximum atomic E-state index is 2.32. The number of hydrogen-bond acceptors (Lipinski definition) is 0. The van der Waals surface area contributed by atoms with Gasteiger partial charge in [-0.1, -0.05) is 48.0 Å². The first-order valence-corrected chi connectivity index (χ1v) is 4.71. The zero-order valence-corrected chi connectivity index (χ0v) is 9.12. The molecular formula is C11H26Sr. The molecule has 12 heavy (non-hydrogen) atoms. The SMILES string of the molecule is CC(C)(C)CCCC(C)(C)C.[SrH2].